The molecule has 2 aromatic rings. The first-order valence-corrected chi connectivity index (χ1v) is 11.0. The van der Waals surface area contributed by atoms with Crippen LogP contribution < -0.4 is 0 Å². The van der Waals surface area contributed by atoms with Gasteiger partial charge in [0.2, 0.25) is 0 Å². The maximum Gasteiger partial charge on any atom is 0.326 e. The molecule has 0 radical (unpaired) electrons. The highest BCUT2D eigenvalue weighted by Gasteiger charge is 2.52. The summed E-state index contributed by atoms with van der Waals surface area (Å²) in [5.74, 6) is -1.41. The molecule has 4 atom stereocenters. The largest absolute Gasteiger partial charge is 0.480 e. The van der Waals surface area contributed by atoms with Gasteiger partial charge in [0.1, 0.15) is 18.2 Å². The van der Waals surface area contributed by atoms with Gasteiger partial charge in [-0.2, -0.15) is 0 Å². The maximum absolute atomic E-state index is 13.5. The number of morpholine rings is 1. The standard InChI is InChI=1S/C24H23Cl2NO4/c1-2-4-19-23(28)27(21(24(29)30)15-7-8-15)20(14-9-11-17(25)12-10-14)22(31-19)16-5-3-6-18(26)13-16/h2-3,5-6,9-13,15,19-22H,1,4,7-8H2,(H,29,30). The Morgan fingerprint density at radius 3 is 2.45 bits per heavy atom. The zero-order valence-electron chi connectivity index (χ0n) is 16.8. The van der Waals surface area contributed by atoms with Crippen molar-refractivity contribution >= 4 is 35.1 Å². The molecule has 1 saturated heterocycles. The van der Waals surface area contributed by atoms with Crippen LogP contribution in [0.4, 0.5) is 0 Å². The van der Waals surface area contributed by atoms with E-state index in [0.29, 0.717) is 10.0 Å². The van der Waals surface area contributed by atoms with E-state index in [4.69, 9.17) is 27.9 Å². The number of carbonyl (C=O) groups is 2. The van der Waals surface area contributed by atoms with Crippen molar-refractivity contribution in [3.05, 3.63) is 82.4 Å². The molecule has 1 amide bonds. The lowest BCUT2D eigenvalue weighted by molar-refractivity contribution is -0.185. The molecular formula is C24H23Cl2NO4. The number of nitrogens with zero attached hydrogens (tertiary/aromatic N) is 1. The number of amides is 1. The highest BCUT2D eigenvalue weighted by Crippen LogP contribution is 2.47. The number of aliphatic carboxylic acids is 1. The number of carboxylic acids is 1. The first-order chi connectivity index (χ1) is 14.9. The number of hydrogen-bond donors (Lipinski definition) is 1. The lowest BCUT2D eigenvalue weighted by Gasteiger charge is -2.47. The molecule has 1 aliphatic carbocycles. The summed E-state index contributed by atoms with van der Waals surface area (Å²) in [5, 5.41) is 11.2. The lowest BCUT2D eigenvalue weighted by atomic mass is 9.89. The summed E-state index contributed by atoms with van der Waals surface area (Å²) >= 11 is 12.3. The number of halogens is 2. The molecule has 1 N–H and O–H groups in total. The molecule has 0 spiro atoms. The van der Waals surface area contributed by atoms with Crippen molar-refractivity contribution in [3.8, 4) is 0 Å². The molecule has 162 valence electrons. The Labute approximate surface area is 191 Å². The number of rotatable bonds is 7. The molecule has 1 saturated carbocycles. The number of hydrogen-bond acceptors (Lipinski definition) is 3. The zero-order valence-corrected chi connectivity index (χ0v) is 18.3. The van der Waals surface area contributed by atoms with E-state index in [-0.39, 0.29) is 18.2 Å². The molecule has 7 heteroatoms. The molecule has 1 aliphatic heterocycles. The summed E-state index contributed by atoms with van der Waals surface area (Å²) in [6, 6.07) is 12.8. The van der Waals surface area contributed by atoms with Crippen LogP contribution in [0, 0.1) is 5.92 Å². The van der Waals surface area contributed by atoms with E-state index < -0.39 is 30.3 Å². The van der Waals surface area contributed by atoms with E-state index in [1.165, 1.54) is 4.90 Å². The Kier molecular flexibility index (Phi) is 6.37. The van der Waals surface area contributed by atoms with Crippen LogP contribution in [0.15, 0.2) is 61.2 Å². The van der Waals surface area contributed by atoms with Crippen LogP contribution in [0.5, 0.6) is 0 Å². The second-order valence-corrected chi connectivity index (χ2v) is 8.86. The Hall–Kier alpha value is -2.34. The van der Waals surface area contributed by atoms with E-state index in [0.717, 1.165) is 24.0 Å². The minimum Gasteiger partial charge on any atom is -0.480 e. The predicted molar refractivity (Wildman–Crippen MR) is 119 cm³/mol. The fourth-order valence-corrected chi connectivity index (χ4v) is 4.60. The quantitative estimate of drug-likeness (QED) is 0.559. The van der Waals surface area contributed by atoms with Gasteiger partial charge in [-0.15, -0.1) is 6.58 Å². The monoisotopic (exact) mass is 459 g/mol. The highest BCUT2D eigenvalue weighted by molar-refractivity contribution is 6.30. The Morgan fingerprint density at radius 2 is 1.87 bits per heavy atom. The van der Waals surface area contributed by atoms with Crippen LogP contribution in [-0.4, -0.2) is 34.0 Å². The molecular weight excluding hydrogens is 437 g/mol. The van der Waals surface area contributed by atoms with Crippen LogP contribution in [0.1, 0.15) is 42.5 Å². The summed E-state index contributed by atoms with van der Waals surface area (Å²) < 4.78 is 6.29. The lowest BCUT2D eigenvalue weighted by Crippen LogP contribution is -2.57. The van der Waals surface area contributed by atoms with Crippen molar-refractivity contribution in [2.24, 2.45) is 5.92 Å². The third-order valence-corrected chi connectivity index (χ3v) is 6.31. The van der Waals surface area contributed by atoms with E-state index in [1.807, 2.05) is 24.3 Å². The average molecular weight is 460 g/mol. The molecule has 2 fully saturated rings. The van der Waals surface area contributed by atoms with E-state index in [9.17, 15) is 14.7 Å². The summed E-state index contributed by atoms with van der Waals surface area (Å²) in [4.78, 5) is 27.4. The van der Waals surface area contributed by atoms with Crippen molar-refractivity contribution < 1.29 is 19.4 Å². The number of ether oxygens (including phenoxy) is 1. The van der Waals surface area contributed by atoms with Crippen molar-refractivity contribution in [2.45, 2.75) is 43.6 Å². The minimum atomic E-state index is -1.00. The Bertz CT molecular complexity index is 989. The van der Waals surface area contributed by atoms with Gasteiger partial charge in [0, 0.05) is 16.5 Å². The van der Waals surface area contributed by atoms with Crippen LogP contribution in [0.25, 0.3) is 0 Å². The van der Waals surface area contributed by atoms with Crippen LogP contribution >= 0.6 is 23.2 Å². The zero-order chi connectivity index (χ0) is 22.1. The first kappa shape index (κ1) is 21.9. The van der Waals surface area contributed by atoms with Gasteiger partial charge in [-0.25, -0.2) is 4.79 Å². The van der Waals surface area contributed by atoms with Gasteiger partial charge >= 0.3 is 5.97 Å². The van der Waals surface area contributed by atoms with Gasteiger partial charge in [0.05, 0.1) is 6.04 Å². The molecule has 0 aromatic heterocycles. The fraction of sp³-hybridized carbons (Fsp3) is 0.333. The molecule has 1 heterocycles. The maximum atomic E-state index is 13.5. The van der Waals surface area contributed by atoms with Gasteiger partial charge in [-0.3, -0.25) is 4.79 Å². The molecule has 4 rings (SSSR count). The average Bonchev–Trinajstić information content (AvgIpc) is 3.56. The normalized spacial score (nSPS) is 24.6. The fourth-order valence-electron chi connectivity index (χ4n) is 4.28. The summed E-state index contributed by atoms with van der Waals surface area (Å²) in [5.41, 5.74) is 1.53. The second kappa shape index (κ2) is 9.03. The van der Waals surface area contributed by atoms with Crippen molar-refractivity contribution in [1.29, 1.82) is 0 Å². The van der Waals surface area contributed by atoms with Crippen molar-refractivity contribution in [2.75, 3.05) is 0 Å². The Morgan fingerprint density at radius 1 is 1.16 bits per heavy atom. The van der Waals surface area contributed by atoms with Gasteiger partial charge < -0.3 is 14.7 Å². The number of carboxylic acid groups (broad SMARTS) is 1. The SMILES string of the molecule is C=CCC1OC(c2cccc(Cl)c2)C(c2ccc(Cl)cc2)N(C(C(=O)O)C2CC2)C1=O. The van der Waals surface area contributed by atoms with Crippen molar-refractivity contribution in [3.63, 3.8) is 0 Å². The first-order valence-electron chi connectivity index (χ1n) is 10.2. The highest BCUT2D eigenvalue weighted by atomic mass is 35.5. The van der Waals surface area contributed by atoms with E-state index in [2.05, 4.69) is 6.58 Å². The molecule has 31 heavy (non-hydrogen) atoms. The van der Waals surface area contributed by atoms with Crippen LogP contribution in [0.2, 0.25) is 10.0 Å². The van der Waals surface area contributed by atoms with Crippen LogP contribution in [-0.2, 0) is 14.3 Å². The summed E-state index contributed by atoms with van der Waals surface area (Å²) in [6.45, 7) is 3.74. The third kappa shape index (κ3) is 4.49. The second-order valence-electron chi connectivity index (χ2n) is 7.99. The number of carbonyl (C=O) groups excluding carboxylic acids is 1. The molecule has 2 aromatic carbocycles. The molecule has 0 bridgehead atoms. The third-order valence-electron chi connectivity index (χ3n) is 5.82. The minimum absolute atomic E-state index is 0.0706. The molecule has 4 unspecified atom stereocenters. The van der Waals surface area contributed by atoms with E-state index >= 15 is 0 Å². The number of benzene rings is 2. The van der Waals surface area contributed by atoms with Crippen LogP contribution in [0.3, 0.4) is 0 Å². The van der Waals surface area contributed by atoms with Gasteiger partial charge in [0.15, 0.2) is 0 Å². The Balaban J connectivity index is 1.88. The molecule has 5 nitrogen and oxygen atoms in total. The summed E-state index contributed by atoms with van der Waals surface area (Å²) in [7, 11) is 0. The topological polar surface area (TPSA) is 66.8 Å². The van der Waals surface area contributed by atoms with Gasteiger partial charge in [-0.05, 0) is 54.2 Å². The van der Waals surface area contributed by atoms with Gasteiger partial charge in [-0.1, -0.05) is 53.5 Å². The predicted octanol–water partition coefficient (Wildman–Crippen LogP) is 5.44. The summed E-state index contributed by atoms with van der Waals surface area (Å²) in [6.07, 6.45) is 2.06. The smallest absolute Gasteiger partial charge is 0.326 e. The van der Waals surface area contributed by atoms with Crippen molar-refractivity contribution in [1.82, 2.24) is 4.90 Å². The molecule has 2 aliphatic rings. The van der Waals surface area contributed by atoms with Gasteiger partial charge in [0.25, 0.3) is 5.91 Å². The van der Waals surface area contributed by atoms with E-state index in [1.54, 1.807) is 30.3 Å².